The van der Waals surface area contributed by atoms with Crippen molar-refractivity contribution >= 4 is 16.6 Å². The molecule has 0 saturated heterocycles. The number of rotatable bonds is 2. The molecular weight excluding hydrogens is 304 g/mol. The Balaban J connectivity index is 1.68. The molecule has 1 heteroatoms. The highest BCUT2D eigenvalue weighted by Gasteiger charge is 2.51. The second kappa shape index (κ2) is 5.30. The fraction of sp³-hybridized carbons (Fsp3) is 0.458. The Morgan fingerprint density at radius 3 is 2.72 bits per heavy atom. The van der Waals surface area contributed by atoms with Gasteiger partial charge in [0, 0.05) is 18.3 Å². The quantitative estimate of drug-likeness (QED) is 0.662. The van der Waals surface area contributed by atoms with Crippen LogP contribution in [-0.4, -0.2) is 5.78 Å². The van der Waals surface area contributed by atoms with Gasteiger partial charge in [-0.25, -0.2) is 0 Å². The average molecular weight is 330 g/mol. The largest absolute Gasteiger partial charge is 0.299 e. The van der Waals surface area contributed by atoms with Crippen molar-refractivity contribution in [2.45, 2.75) is 57.8 Å². The highest BCUT2D eigenvalue weighted by atomic mass is 16.1. The summed E-state index contributed by atoms with van der Waals surface area (Å²) in [6.07, 6.45) is 8.47. The molecule has 2 bridgehead atoms. The van der Waals surface area contributed by atoms with Crippen molar-refractivity contribution in [3.63, 3.8) is 0 Å². The van der Waals surface area contributed by atoms with E-state index in [0.29, 0.717) is 24.0 Å². The molecule has 0 heterocycles. The van der Waals surface area contributed by atoms with Gasteiger partial charge in [-0.2, -0.15) is 0 Å². The minimum Gasteiger partial charge on any atom is -0.299 e. The first-order valence-corrected chi connectivity index (χ1v) is 9.79. The Kier molecular flexibility index (Phi) is 3.26. The topological polar surface area (TPSA) is 17.1 Å². The van der Waals surface area contributed by atoms with Crippen LogP contribution in [0.1, 0.15) is 56.2 Å². The van der Waals surface area contributed by atoms with Gasteiger partial charge in [0.05, 0.1) is 0 Å². The number of carbonyl (C=O) groups is 1. The van der Waals surface area contributed by atoms with Gasteiger partial charge in [-0.1, -0.05) is 55.8 Å². The van der Waals surface area contributed by atoms with E-state index in [9.17, 15) is 4.79 Å². The third-order valence-corrected chi connectivity index (χ3v) is 6.73. The molecule has 2 aromatic carbocycles. The second-order valence-corrected chi connectivity index (χ2v) is 9.01. The zero-order chi connectivity index (χ0) is 17.2. The number of ketones is 1. The maximum Gasteiger partial charge on any atom is 0.138 e. The molecule has 3 aliphatic carbocycles. The molecule has 0 amide bonds. The average Bonchev–Trinajstić information content (AvgIpc) is 3.14. The Labute approximate surface area is 150 Å². The van der Waals surface area contributed by atoms with E-state index < -0.39 is 0 Å². The van der Waals surface area contributed by atoms with Crippen LogP contribution in [0.3, 0.4) is 0 Å². The van der Waals surface area contributed by atoms with E-state index in [1.165, 1.54) is 40.3 Å². The fourth-order valence-corrected chi connectivity index (χ4v) is 5.75. The molecule has 5 rings (SSSR count). The molecule has 3 aliphatic rings. The number of hydrogen-bond donors (Lipinski definition) is 0. The predicted molar refractivity (Wildman–Crippen MR) is 103 cm³/mol. The number of allylic oxidation sites excluding steroid dienone is 2. The summed E-state index contributed by atoms with van der Waals surface area (Å²) < 4.78 is 0. The van der Waals surface area contributed by atoms with Crippen molar-refractivity contribution in [2.75, 3.05) is 0 Å². The maximum atomic E-state index is 12.6. The van der Waals surface area contributed by atoms with E-state index in [4.69, 9.17) is 0 Å². The van der Waals surface area contributed by atoms with E-state index in [2.05, 4.69) is 50.3 Å². The summed E-state index contributed by atoms with van der Waals surface area (Å²) >= 11 is 0. The van der Waals surface area contributed by atoms with Crippen LogP contribution in [-0.2, 0) is 23.1 Å². The van der Waals surface area contributed by atoms with Gasteiger partial charge in [0.25, 0.3) is 0 Å². The van der Waals surface area contributed by atoms with E-state index in [-0.39, 0.29) is 5.41 Å². The molecule has 0 N–H and O–H groups in total. The van der Waals surface area contributed by atoms with Crippen LogP contribution in [0.15, 0.2) is 42.0 Å². The SMILES string of the molecule is CC(C)Cc1ccc2cc3c(cc2c1)C1(CC(=O)C3)CC2=CCC1C2. The van der Waals surface area contributed by atoms with Crippen LogP contribution in [0, 0.1) is 11.8 Å². The first kappa shape index (κ1) is 15.4. The molecule has 1 saturated carbocycles. The normalized spacial score (nSPS) is 27.4. The number of hydrogen-bond acceptors (Lipinski definition) is 1. The molecule has 2 aromatic rings. The van der Waals surface area contributed by atoms with E-state index in [0.717, 1.165) is 19.3 Å². The lowest BCUT2D eigenvalue weighted by molar-refractivity contribution is -0.120. The highest BCUT2D eigenvalue weighted by molar-refractivity contribution is 5.91. The molecule has 2 unspecified atom stereocenters. The van der Waals surface area contributed by atoms with Gasteiger partial charge in [0.2, 0.25) is 0 Å². The third-order valence-electron chi connectivity index (χ3n) is 6.73. The summed E-state index contributed by atoms with van der Waals surface area (Å²) in [5, 5.41) is 2.65. The van der Waals surface area contributed by atoms with Crippen molar-refractivity contribution in [1.29, 1.82) is 0 Å². The van der Waals surface area contributed by atoms with Crippen LogP contribution in [0.25, 0.3) is 10.8 Å². The Hall–Kier alpha value is -1.89. The molecule has 1 spiro atoms. The van der Waals surface area contributed by atoms with Gasteiger partial charge in [-0.3, -0.25) is 4.79 Å². The van der Waals surface area contributed by atoms with E-state index >= 15 is 0 Å². The number of fused-ring (bicyclic) bond motifs is 6. The predicted octanol–water partition coefficient (Wildman–Crippen LogP) is 5.53. The lowest BCUT2D eigenvalue weighted by atomic mass is 9.62. The summed E-state index contributed by atoms with van der Waals surface area (Å²) in [4.78, 5) is 12.6. The second-order valence-electron chi connectivity index (χ2n) is 9.01. The van der Waals surface area contributed by atoms with Crippen molar-refractivity contribution in [3.8, 4) is 0 Å². The summed E-state index contributed by atoms with van der Waals surface area (Å²) in [7, 11) is 0. The van der Waals surface area contributed by atoms with Gasteiger partial charge in [0.1, 0.15) is 5.78 Å². The van der Waals surface area contributed by atoms with Crippen LogP contribution in [0.4, 0.5) is 0 Å². The Bertz CT molecular complexity index is 917. The summed E-state index contributed by atoms with van der Waals surface area (Å²) in [5.41, 5.74) is 5.93. The van der Waals surface area contributed by atoms with E-state index in [1.54, 1.807) is 5.57 Å². The third kappa shape index (κ3) is 2.32. The van der Waals surface area contributed by atoms with Crippen molar-refractivity contribution in [1.82, 2.24) is 0 Å². The number of Topliss-reactive ketones (excluding diaryl/α,β-unsaturated/α-hetero) is 1. The molecule has 2 atom stereocenters. The number of carbonyl (C=O) groups excluding carboxylic acids is 1. The molecule has 1 nitrogen and oxygen atoms in total. The Morgan fingerprint density at radius 1 is 1.12 bits per heavy atom. The first-order chi connectivity index (χ1) is 12.0. The zero-order valence-electron chi connectivity index (χ0n) is 15.3. The standard InChI is InChI=1S/C24H26O/c1-15(2)7-16-3-5-18-10-20-11-22(25)14-24(23(20)12-19(18)8-16)13-17-4-6-21(24)9-17/h3-5,8,10,12,15,21H,6-7,9,11,13-14H2,1-2H3. The molecule has 25 heavy (non-hydrogen) atoms. The summed E-state index contributed by atoms with van der Waals surface area (Å²) in [6.45, 7) is 4.56. The lowest BCUT2D eigenvalue weighted by Crippen LogP contribution is -2.39. The van der Waals surface area contributed by atoms with Gasteiger partial charge in [-0.15, -0.1) is 0 Å². The fourth-order valence-electron chi connectivity index (χ4n) is 5.75. The lowest BCUT2D eigenvalue weighted by Gasteiger charge is -2.41. The van der Waals surface area contributed by atoms with Gasteiger partial charge < -0.3 is 0 Å². The van der Waals surface area contributed by atoms with Crippen LogP contribution < -0.4 is 0 Å². The Morgan fingerprint density at radius 2 is 2.00 bits per heavy atom. The number of benzene rings is 2. The minimum absolute atomic E-state index is 0.108. The zero-order valence-corrected chi connectivity index (χ0v) is 15.3. The smallest absolute Gasteiger partial charge is 0.138 e. The highest BCUT2D eigenvalue weighted by Crippen LogP contribution is 2.58. The first-order valence-electron chi connectivity index (χ1n) is 9.79. The minimum atomic E-state index is 0.108. The monoisotopic (exact) mass is 330 g/mol. The van der Waals surface area contributed by atoms with Crippen LogP contribution >= 0.6 is 0 Å². The molecular formula is C24H26O. The van der Waals surface area contributed by atoms with Crippen molar-refractivity contribution < 1.29 is 4.79 Å². The maximum absolute atomic E-state index is 12.6. The van der Waals surface area contributed by atoms with Gasteiger partial charge >= 0.3 is 0 Å². The van der Waals surface area contributed by atoms with Crippen LogP contribution in [0.5, 0.6) is 0 Å². The molecule has 0 radical (unpaired) electrons. The van der Waals surface area contributed by atoms with Gasteiger partial charge in [0.15, 0.2) is 0 Å². The molecule has 1 fully saturated rings. The summed E-state index contributed by atoms with van der Waals surface area (Å²) in [5.74, 6) is 1.77. The van der Waals surface area contributed by atoms with E-state index in [1.807, 2.05) is 0 Å². The van der Waals surface area contributed by atoms with Crippen molar-refractivity contribution in [2.24, 2.45) is 11.8 Å². The van der Waals surface area contributed by atoms with Crippen molar-refractivity contribution in [3.05, 3.63) is 58.7 Å². The van der Waals surface area contributed by atoms with Gasteiger partial charge in [-0.05, 0) is 65.0 Å². The molecule has 0 aromatic heterocycles. The van der Waals surface area contributed by atoms with Crippen LogP contribution in [0.2, 0.25) is 0 Å². The summed E-state index contributed by atoms with van der Waals surface area (Å²) in [6, 6.07) is 11.7. The molecule has 128 valence electrons. The molecule has 0 aliphatic heterocycles.